The molecule has 0 N–H and O–H groups in total. The molecule has 4 heteroatoms. The van der Waals surface area contributed by atoms with Crippen molar-refractivity contribution in [3.8, 4) is 0 Å². The molecule has 0 spiro atoms. The van der Waals surface area contributed by atoms with E-state index in [2.05, 4.69) is 20.9 Å². The highest BCUT2D eigenvalue weighted by Gasteiger charge is 2.47. The van der Waals surface area contributed by atoms with Crippen molar-refractivity contribution in [1.29, 1.82) is 0 Å². The van der Waals surface area contributed by atoms with Gasteiger partial charge in [0.05, 0.1) is 5.92 Å². The maximum atomic E-state index is 11.8. The van der Waals surface area contributed by atoms with Gasteiger partial charge in [0.25, 0.3) is 0 Å². The van der Waals surface area contributed by atoms with Crippen LogP contribution in [0.25, 0.3) is 0 Å². The number of esters is 1. The Morgan fingerprint density at radius 2 is 2.18 bits per heavy atom. The second kappa shape index (κ2) is 4.41. The monoisotopic (exact) mass is 297 g/mol. The average molecular weight is 298 g/mol. The van der Waals surface area contributed by atoms with Gasteiger partial charge in [-0.25, -0.2) is 0 Å². The zero-order chi connectivity index (χ0) is 12.6. The predicted molar refractivity (Wildman–Crippen MR) is 68.6 cm³/mol. The summed E-state index contributed by atoms with van der Waals surface area (Å²) < 4.78 is 6.32. The molecule has 0 aromatic carbocycles. The number of nitrogens with zero attached hydrogens (tertiary/aromatic N) is 1. The molecule has 1 saturated carbocycles. The van der Waals surface area contributed by atoms with E-state index >= 15 is 0 Å². The van der Waals surface area contributed by atoms with Crippen molar-refractivity contribution in [1.82, 2.24) is 4.98 Å². The summed E-state index contributed by atoms with van der Waals surface area (Å²) >= 11 is 3.34. The van der Waals surface area contributed by atoms with Crippen LogP contribution in [0.3, 0.4) is 0 Å². The van der Waals surface area contributed by atoms with E-state index in [0.717, 1.165) is 16.6 Å². The Kier molecular flexibility index (Phi) is 3.25. The molecule has 1 aromatic heterocycles. The third-order valence-electron chi connectivity index (χ3n) is 2.63. The number of halogens is 1. The molecule has 3 nitrogen and oxygen atoms in total. The van der Waals surface area contributed by atoms with Crippen LogP contribution in [0.1, 0.15) is 38.8 Å². The van der Waals surface area contributed by atoms with Gasteiger partial charge in [-0.15, -0.1) is 0 Å². The number of carbonyl (C=O) groups excluding carboxylic acids is 1. The van der Waals surface area contributed by atoms with Crippen LogP contribution in [0.15, 0.2) is 22.8 Å². The molecule has 1 fully saturated rings. The Hall–Kier alpha value is -0.900. The minimum absolute atomic E-state index is 0.0112. The fraction of sp³-hybridized carbons (Fsp3) is 0.538. The van der Waals surface area contributed by atoms with E-state index in [0.29, 0.717) is 0 Å². The number of ether oxygens (including phenoxy) is 1. The Morgan fingerprint density at radius 1 is 1.47 bits per heavy atom. The van der Waals surface area contributed by atoms with Crippen LogP contribution in [0.5, 0.6) is 0 Å². The lowest BCUT2D eigenvalue weighted by atomic mass is 10.2. The number of pyridine rings is 1. The highest BCUT2D eigenvalue weighted by Crippen LogP contribution is 2.47. The second-order valence-corrected chi connectivity index (χ2v) is 6.30. The SMILES string of the molecule is CC(C)(C)OC(=O)C1C[C@H]1c1ccc(Br)cn1. The zero-order valence-corrected chi connectivity index (χ0v) is 11.8. The number of hydrogen-bond acceptors (Lipinski definition) is 3. The molecule has 2 rings (SSSR count). The van der Waals surface area contributed by atoms with Crippen LogP contribution in [-0.4, -0.2) is 16.6 Å². The summed E-state index contributed by atoms with van der Waals surface area (Å²) in [7, 11) is 0. The molecule has 2 atom stereocenters. The Labute approximate surface area is 110 Å². The van der Waals surface area contributed by atoms with Gasteiger partial charge in [-0.3, -0.25) is 9.78 Å². The summed E-state index contributed by atoms with van der Waals surface area (Å²) in [5.74, 6) is 0.119. The van der Waals surface area contributed by atoms with E-state index in [1.54, 1.807) is 6.20 Å². The Bertz CT molecular complexity index is 422. The van der Waals surface area contributed by atoms with Crippen molar-refractivity contribution in [3.63, 3.8) is 0 Å². The van der Waals surface area contributed by atoms with Crippen LogP contribution < -0.4 is 0 Å². The first-order chi connectivity index (χ1) is 7.87. The molecule has 1 heterocycles. The van der Waals surface area contributed by atoms with Crippen LogP contribution in [0.4, 0.5) is 0 Å². The molecule has 0 aliphatic heterocycles. The van der Waals surface area contributed by atoms with Crippen molar-refractivity contribution >= 4 is 21.9 Å². The first kappa shape index (κ1) is 12.6. The maximum Gasteiger partial charge on any atom is 0.310 e. The molecule has 0 amide bonds. The topological polar surface area (TPSA) is 39.2 Å². The van der Waals surface area contributed by atoms with Gasteiger partial charge in [-0.1, -0.05) is 0 Å². The van der Waals surface area contributed by atoms with E-state index in [9.17, 15) is 4.79 Å². The lowest BCUT2D eigenvalue weighted by molar-refractivity contribution is -0.156. The smallest absolute Gasteiger partial charge is 0.310 e. The van der Waals surface area contributed by atoms with Crippen molar-refractivity contribution in [2.75, 3.05) is 0 Å². The first-order valence-corrected chi connectivity index (χ1v) is 6.50. The minimum atomic E-state index is -0.405. The average Bonchev–Trinajstić information content (AvgIpc) is 2.96. The summed E-state index contributed by atoms with van der Waals surface area (Å²) in [5.41, 5.74) is 0.571. The normalized spacial score (nSPS) is 23.3. The third-order valence-corrected chi connectivity index (χ3v) is 3.10. The van der Waals surface area contributed by atoms with Crippen LogP contribution >= 0.6 is 15.9 Å². The van der Waals surface area contributed by atoms with Gasteiger partial charge in [0, 0.05) is 22.3 Å². The fourth-order valence-electron chi connectivity index (χ4n) is 1.77. The van der Waals surface area contributed by atoms with Crippen LogP contribution in [0, 0.1) is 5.92 Å². The summed E-state index contributed by atoms with van der Waals surface area (Å²) in [6.07, 6.45) is 2.61. The van der Waals surface area contributed by atoms with Gasteiger partial charge < -0.3 is 4.74 Å². The van der Waals surface area contributed by atoms with E-state index in [1.807, 2.05) is 32.9 Å². The molecular formula is C13H16BrNO2. The quantitative estimate of drug-likeness (QED) is 0.786. The van der Waals surface area contributed by atoms with Gasteiger partial charge in [0.2, 0.25) is 0 Å². The lowest BCUT2D eigenvalue weighted by Gasteiger charge is -2.19. The van der Waals surface area contributed by atoms with Gasteiger partial charge >= 0.3 is 5.97 Å². The minimum Gasteiger partial charge on any atom is -0.460 e. The molecule has 1 aromatic rings. The zero-order valence-electron chi connectivity index (χ0n) is 10.2. The summed E-state index contributed by atoms with van der Waals surface area (Å²) in [6.45, 7) is 5.67. The third kappa shape index (κ3) is 3.28. The molecule has 1 aliphatic rings. The summed E-state index contributed by atoms with van der Waals surface area (Å²) in [6, 6.07) is 3.91. The van der Waals surface area contributed by atoms with E-state index in [4.69, 9.17) is 4.74 Å². The van der Waals surface area contributed by atoms with Crippen LogP contribution in [-0.2, 0) is 9.53 Å². The second-order valence-electron chi connectivity index (χ2n) is 5.38. The number of rotatable bonds is 2. The molecule has 0 radical (unpaired) electrons. The predicted octanol–water partition coefficient (Wildman–Crippen LogP) is 3.29. The Balaban J connectivity index is 1.96. The van der Waals surface area contributed by atoms with E-state index < -0.39 is 5.60 Å². The molecule has 1 aliphatic carbocycles. The maximum absolute atomic E-state index is 11.8. The van der Waals surface area contributed by atoms with Gasteiger partial charge in [-0.2, -0.15) is 0 Å². The summed E-state index contributed by atoms with van der Waals surface area (Å²) in [5, 5.41) is 0. The Morgan fingerprint density at radius 3 is 2.71 bits per heavy atom. The van der Waals surface area contributed by atoms with Gasteiger partial charge in [0.1, 0.15) is 5.60 Å². The molecule has 1 unspecified atom stereocenters. The van der Waals surface area contributed by atoms with Crippen LogP contribution in [0.2, 0.25) is 0 Å². The standard InChI is InChI=1S/C13H16BrNO2/c1-13(2,3)17-12(16)10-6-9(10)11-5-4-8(14)7-15-11/h4-5,7,9-10H,6H2,1-3H3/t9-,10?/m1/s1. The molecule has 92 valence electrons. The van der Waals surface area contributed by atoms with Crippen molar-refractivity contribution in [2.45, 2.75) is 38.7 Å². The first-order valence-electron chi connectivity index (χ1n) is 5.71. The lowest BCUT2D eigenvalue weighted by Crippen LogP contribution is -2.25. The highest BCUT2D eigenvalue weighted by atomic mass is 79.9. The largest absolute Gasteiger partial charge is 0.460 e. The van der Waals surface area contributed by atoms with Crippen molar-refractivity contribution in [2.24, 2.45) is 5.92 Å². The molecule has 0 bridgehead atoms. The molecular weight excluding hydrogens is 282 g/mol. The highest BCUT2D eigenvalue weighted by molar-refractivity contribution is 9.10. The summed E-state index contributed by atoms with van der Waals surface area (Å²) in [4.78, 5) is 16.1. The number of carbonyl (C=O) groups is 1. The molecule has 17 heavy (non-hydrogen) atoms. The number of hydrogen-bond donors (Lipinski definition) is 0. The fourth-order valence-corrected chi connectivity index (χ4v) is 2.00. The molecule has 0 saturated heterocycles. The van der Waals surface area contributed by atoms with Gasteiger partial charge in [-0.05, 0) is 55.3 Å². The van der Waals surface area contributed by atoms with Crippen molar-refractivity contribution in [3.05, 3.63) is 28.5 Å². The van der Waals surface area contributed by atoms with E-state index in [-0.39, 0.29) is 17.8 Å². The number of aromatic nitrogens is 1. The van der Waals surface area contributed by atoms with Gasteiger partial charge in [0.15, 0.2) is 0 Å². The van der Waals surface area contributed by atoms with E-state index in [1.165, 1.54) is 0 Å². The van der Waals surface area contributed by atoms with Crippen molar-refractivity contribution < 1.29 is 9.53 Å².